The molecule has 4 aromatic rings. The molecular weight excluding hydrogens is 350 g/mol. The Morgan fingerprint density at radius 3 is 2.57 bits per heavy atom. The van der Waals surface area contributed by atoms with E-state index in [0.717, 1.165) is 34.7 Å². The molecule has 0 saturated carbocycles. The van der Waals surface area contributed by atoms with Crippen molar-refractivity contribution in [3.63, 3.8) is 0 Å². The van der Waals surface area contributed by atoms with E-state index in [1.165, 1.54) is 0 Å². The van der Waals surface area contributed by atoms with Crippen molar-refractivity contribution in [3.8, 4) is 11.4 Å². The van der Waals surface area contributed by atoms with E-state index in [9.17, 15) is 4.79 Å². The van der Waals surface area contributed by atoms with Crippen LogP contribution in [0.2, 0.25) is 0 Å². The number of fused-ring (bicyclic) bond motifs is 1. The number of aryl methyl sites for hydroxylation is 1. The van der Waals surface area contributed by atoms with Crippen LogP contribution in [0.3, 0.4) is 0 Å². The first-order valence-corrected chi connectivity index (χ1v) is 9.26. The molecule has 6 heteroatoms. The summed E-state index contributed by atoms with van der Waals surface area (Å²) in [6.07, 6.45) is 0.796. The summed E-state index contributed by atoms with van der Waals surface area (Å²) in [5.41, 5.74) is 4.39. The van der Waals surface area contributed by atoms with Gasteiger partial charge in [0.2, 0.25) is 0 Å². The quantitative estimate of drug-likeness (QED) is 0.519. The second-order valence-electron chi connectivity index (χ2n) is 6.65. The first-order chi connectivity index (χ1) is 13.6. The maximum absolute atomic E-state index is 11.7. The molecule has 2 aromatic carbocycles. The summed E-state index contributed by atoms with van der Waals surface area (Å²) in [6.45, 7) is 5.63. The highest BCUT2D eigenvalue weighted by Gasteiger charge is 2.16. The molecule has 0 aliphatic rings. The first kappa shape index (κ1) is 17.9. The van der Waals surface area contributed by atoms with E-state index >= 15 is 0 Å². The Morgan fingerprint density at radius 2 is 1.86 bits per heavy atom. The molecule has 2 heterocycles. The van der Waals surface area contributed by atoms with Crippen LogP contribution >= 0.6 is 0 Å². The molecule has 2 aromatic heterocycles. The molecule has 0 saturated heterocycles. The van der Waals surface area contributed by atoms with Crippen molar-refractivity contribution in [2.45, 2.75) is 27.2 Å². The van der Waals surface area contributed by atoms with Crippen LogP contribution in [-0.4, -0.2) is 25.4 Å². The molecule has 140 valence electrons. The largest absolute Gasteiger partial charge is 0.340 e. The molecule has 0 bridgehead atoms. The number of aromatic nitrogens is 4. The molecule has 0 aliphatic carbocycles. The SMILES string of the molecule is CCc1c(C)nc2nc(-c3ccccc3)nn2c1Nc1cccc(C(C)=O)c1. The van der Waals surface area contributed by atoms with Gasteiger partial charge in [0, 0.05) is 28.1 Å². The Morgan fingerprint density at radius 1 is 1.07 bits per heavy atom. The third-order valence-electron chi connectivity index (χ3n) is 4.71. The van der Waals surface area contributed by atoms with Crippen molar-refractivity contribution in [2.75, 3.05) is 5.32 Å². The van der Waals surface area contributed by atoms with Gasteiger partial charge in [-0.3, -0.25) is 4.79 Å². The van der Waals surface area contributed by atoms with Gasteiger partial charge in [0.05, 0.1) is 0 Å². The monoisotopic (exact) mass is 371 g/mol. The zero-order valence-electron chi connectivity index (χ0n) is 16.1. The molecule has 4 rings (SSSR count). The van der Waals surface area contributed by atoms with Gasteiger partial charge in [-0.1, -0.05) is 49.4 Å². The number of Topliss-reactive ketones (excluding diaryl/α,β-unsaturated/α-hetero) is 1. The Bertz CT molecular complexity index is 1160. The number of hydrogen-bond acceptors (Lipinski definition) is 5. The fraction of sp³-hybridized carbons (Fsp3) is 0.182. The van der Waals surface area contributed by atoms with Gasteiger partial charge in [0.25, 0.3) is 5.78 Å². The molecule has 0 fully saturated rings. The third-order valence-corrected chi connectivity index (χ3v) is 4.71. The molecule has 0 spiro atoms. The molecule has 0 amide bonds. The highest BCUT2D eigenvalue weighted by Crippen LogP contribution is 2.26. The fourth-order valence-electron chi connectivity index (χ4n) is 3.26. The number of carbonyl (C=O) groups is 1. The standard InChI is InChI=1S/C22H21N5O/c1-4-19-14(2)23-22-25-20(16-9-6-5-7-10-16)26-27(22)21(19)24-18-12-8-11-17(13-18)15(3)28/h5-13,24H,4H2,1-3H3. The summed E-state index contributed by atoms with van der Waals surface area (Å²) in [7, 11) is 0. The summed E-state index contributed by atoms with van der Waals surface area (Å²) in [5, 5.41) is 8.14. The maximum atomic E-state index is 11.7. The molecule has 0 radical (unpaired) electrons. The molecule has 1 N–H and O–H groups in total. The summed E-state index contributed by atoms with van der Waals surface area (Å²) < 4.78 is 1.74. The first-order valence-electron chi connectivity index (χ1n) is 9.26. The predicted octanol–water partition coefficient (Wildman–Crippen LogP) is 4.61. The van der Waals surface area contributed by atoms with Crippen LogP contribution in [-0.2, 0) is 6.42 Å². The van der Waals surface area contributed by atoms with Crippen molar-refractivity contribution >= 4 is 23.1 Å². The van der Waals surface area contributed by atoms with E-state index in [0.29, 0.717) is 17.2 Å². The van der Waals surface area contributed by atoms with Gasteiger partial charge >= 0.3 is 0 Å². The molecular formula is C22H21N5O. The lowest BCUT2D eigenvalue weighted by molar-refractivity contribution is 0.101. The molecule has 28 heavy (non-hydrogen) atoms. The van der Waals surface area contributed by atoms with Crippen molar-refractivity contribution < 1.29 is 4.79 Å². The number of nitrogens with one attached hydrogen (secondary N) is 1. The van der Waals surface area contributed by atoms with Gasteiger partial charge in [-0.05, 0) is 32.4 Å². The molecule has 0 unspecified atom stereocenters. The van der Waals surface area contributed by atoms with E-state index in [-0.39, 0.29) is 5.78 Å². The van der Waals surface area contributed by atoms with Gasteiger partial charge in [-0.15, -0.1) is 5.10 Å². The minimum atomic E-state index is 0.0301. The van der Waals surface area contributed by atoms with Crippen molar-refractivity contribution in [3.05, 3.63) is 71.4 Å². The number of ketones is 1. The predicted molar refractivity (Wildman–Crippen MR) is 110 cm³/mol. The lowest BCUT2D eigenvalue weighted by atomic mass is 10.1. The molecule has 6 nitrogen and oxygen atoms in total. The van der Waals surface area contributed by atoms with Gasteiger partial charge in [0.1, 0.15) is 5.82 Å². The van der Waals surface area contributed by atoms with E-state index < -0.39 is 0 Å². The van der Waals surface area contributed by atoms with E-state index in [1.54, 1.807) is 11.4 Å². The van der Waals surface area contributed by atoms with Crippen LogP contribution in [0.4, 0.5) is 11.5 Å². The summed E-state index contributed by atoms with van der Waals surface area (Å²) in [5.74, 6) is 2.02. The zero-order valence-corrected chi connectivity index (χ0v) is 16.1. The number of nitrogens with zero attached hydrogens (tertiary/aromatic N) is 4. The smallest absolute Gasteiger partial charge is 0.254 e. The van der Waals surface area contributed by atoms with Crippen LogP contribution in [0.5, 0.6) is 0 Å². The summed E-state index contributed by atoms with van der Waals surface area (Å²) >= 11 is 0. The Kier molecular flexibility index (Phi) is 4.61. The Hall–Kier alpha value is -3.54. The summed E-state index contributed by atoms with van der Waals surface area (Å²) in [6, 6.07) is 17.3. The van der Waals surface area contributed by atoms with Gasteiger partial charge in [-0.2, -0.15) is 9.50 Å². The fourth-order valence-corrected chi connectivity index (χ4v) is 3.26. The minimum Gasteiger partial charge on any atom is -0.340 e. The van der Waals surface area contributed by atoms with Gasteiger partial charge in [0.15, 0.2) is 11.6 Å². The van der Waals surface area contributed by atoms with Crippen molar-refractivity contribution in [2.24, 2.45) is 0 Å². The van der Waals surface area contributed by atoms with Crippen LogP contribution in [0.25, 0.3) is 17.2 Å². The molecule has 0 aliphatic heterocycles. The number of benzene rings is 2. The van der Waals surface area contributed by atoms with Crippen LogP contribution in [0, 0.1) is 6.92 Å². The second-order valence-corrected chi connectivity index (χ2v) is 6.65. The lowest BCUT2D eigenvalue weighted by Gasteiger charge is -2.14. The van der Waals surface area contributed by atoms with Crippen molar-refractivity contribution in [1.82, 2.24) is 19.6 Å². The zero-order chi connectivity index (χ0) is 19.7. The van der Waals surface area contributed by atoms with Crippen LogP contribution in [0.1, 0.15) is 35.5 Å². The van der Waals surface area contributed by atoms with E-state index in [2.05, 4.69) is 22.2 Å². The average molecular weight is 371 g/mol. The number of anilines is 2. The normalized spacial score (nSPS) is 11.0. The van der Waals surface area contributed by atoms with Crippen LogP contribution in [0.15, 0.2) is 54.6 Å². The third kappa shape index (κ3) is 3.24. The van der Waals surface area contributed by atoms with Gasteiger partial charge < -0.3 is 5.32 Å². The number of carbonyl (C=O) groups excluding carboxylic acids is 1. The number of rotatable bonds is 5. The minimum absolute atomic E-state index is 0.0301. The highest BCUT2D eigenvalue weighted by atomic mass is 16.1. The second kappa shape index (κ2) is 7.23. The lowest BCUT2D eigenvalue weighted by Crippen LogP contribution is -2.08. The van der Waals surface area contributed by atoms with Gasteiger partial charge in [-0.25, -0.2) is 4.98 Å². The Balaban J connectivity index is 1.87. The van der Waals surface area contributed by atoms with Crippen molar-refractivity contribution in [1.29, 1.82) is 0 Å². The van der Waals surface area contributed by atoms with E-state index in [1.807, 2.05) is 61.5 Å². The Labute approximate surface area is 163 Å². The average Bonchev–Trinajstić information content (AvgIpc) is 3.13. The molecule has 0 atom stereocenters. The topological polar surface area (TPSA) is 72.2 Å². The van der Waals surface area contributed by atoms with Crippen LogP contribution < -0.4 is 5.32 Å². The highest BCUT2D eigenvalue weighted by molar-refractivity contribution is 5.95. The number of hydrogen-bond donors (Lipinski definition) is 1. The maximum Gasteiger partial charge on any atom is 0.254 e. The van der Waals surface area contributed by atoms with E-state index in [4.69, 9.17) is 5.10 Å². The summed E-state index contributed by atoms with van der Waals surface area (Å²) in [4.78, 5) is 21.0.